The van der Waals surface area contributed by atoms with Crippen molar-refractivity contribution in [2.45, 2.75) is 39.2 Å². The Bertz CT molecular complexity index is 724. The minimum atomic E-state index is 0.0868. The van der Waals surface area contributed by atoms with E-state index in [1.54, 1.807) is 0 Å². The molecule has 1 fully saturated rings. The lowest BCUT2D eigenvalue weighted by atomic mass is 9.95. The number of likely N-dealkylation sites (tertiary alicyclic amines) is 1. The second kappa shape index (κ2) is 7.44. The Balaban J connectivity index is 1.62. The molecule has 0 atom stereocenters. The summed E-state index contributed by atoms with van der Waals surface area (Å²) in [4.78, 5) is 21.4. The fraction of sp³-hybridized carbons (Fsp3) is 0.579. The van der Waals surface area contributed by atoms with Crippen LogP contribution in [0.4, 0.5) is 0 Å². The highest BCUT2D eigenvalue weighted by Gasteiger charge is 2.28. The van der Waals surface area contributed by atoms with Gasteiger partial charge in [0.05, 0.1) is 5.56 Å². The topological polar surface area (TPSA) is 54.5 Å². The van der Waals surface area contributed by atoms with Gasteiger partial charge in [0, 0.05) is 44.5 Å². The SMILES string of the molecule is Cc1cc(C(=O)N2CCC(c3nccn3CCN(C)C)CC2)c(C)o1. The predicted molar refractivity (Wildman–Crippen MR) is 96.8 cm³/mol. The van der Waals surface area contributed by atoms with Gasteiger partial charge in [-0.2, -0.15) is 0 Å². The molecule has 6 nitrogen and oxygen atoms in total. The van der Waals surface area contributed by atoms with Gasteiger partial charge in [-0.3, -0.25) is 4.79 Å². The Hall–Kier alpha value is -2.08. The van der Waals surface area contributed by atoms with Crippen LogP contribution in [0.2, 0.25) is 0 Å². The fourth-order valence-corrected chi connectivity index (χ4v) is 3.53. The van der Waals surface area contributed by atoms with Crippen LogP contribution in [0.1, 0.15) is 46.5 Å². The van der Waals surface area contributed by atoms with Crippen molar-refractivity contribution in [1.29, 1.82) is 0 Å². The van der Waals surface area contributed by atoms with Gasteiger partial charge in [0.15, 0.2) is 0 Å². The van der Waals surface area contributed by atoms with Crippen LogP contribution in [0.25, 0.3) is 0 Å². The zero-order valence-corrected chi connectivity index (χ0v) is 15.7. The summed E-state index contributed by atoms with van der Waals surface area (Å²) in [5.41, 5.74) is 0.698. The number of amides is 1. The van der Waals surface area contributed by atoms with Gasteiger partial charge >= 0.3 is 0 Å². The minimum Gasteiger partial charge on any atom is -0.466 e. The maximum absolute atomic E-state index is 12.7. The molecule has 1 aliphatic rings. The fourth-order valence-electron chi connectivity index (χ4n) is 3.53. The van der Waals surface area contributed by atoms with E-state index in [2.05, 4.69) is 34.7 Å². The van der Waals surface area contributed by atoms with Crippen molar-refractivity contribution in [3.05, 3.63) is 41.4 Å². The number of imidazole rings is 1. The lowest BCUT2D eigenvalue weighted by Gasteiger charge is -2.32. The van der Waals surface area contributed by atoms with Crippen LogP contribution in [0.15, 0.2) is 22.9 Å². The van der Waals surface area contributed by atoms with Crippen molar-refractivity contribution < 1.29 is 9.21 Å². The monoisotopic (exact) mass is 344 g/mol. The van der Waals surface area contributed by atoms with Crippen LogP contribution in [0.5, 0.6) is 0 Å². The summed E-state index contributed by atoms with van der Waals surface area (Å²) in [6.45, 7) is 7.23. The molecule has 0 N–H and O–H groups in total. The van der Waals surface area contributed by atoms with Crippen molar-refractivity contribution in [1.82, 2.24) is 19.4 Å². The summed E-state index contributed by atoms with van der Waals surface area (Å²) in [6, 6.07) is 1.84. The van der Waals surface area contributed by atoms with E-state index in [0.717, 1.165) is 50.6 Å². The van der Waals surface area contributed by atoms with Crippen molar-refractivity contribution >= 4 is 5.91 Å². The number of hydrogen-bond donors (Lipinski definition) is 0. The molecule has 6 heteroatoms. The largest absolute Gasteiger partial charge is 0.466 e. The number of aryl methyl sites for hydroxylation is 2. The molecule has 2 aromatic rings. The Morgan fingerprint density at radius 3 is 2.64 bits per heavy atom. The number of carbonyl (C=O) groups excluding carboxylic acids is 1. The summed E-state index contributed by atoms with van der Waals surface area (Å²) < 4.78 is 7.76. The number of nitrogens with zero attached hydrogens (tertiary/aromatic N) is 4. The third kappa shape index (κ3) is 3.95. The Morgan fingerprint density at radius 1 is 1.32 bits per heavy atom. The zero-order valence-electron chi connectivity index (χ0n) is 15.7. The van der Waals surface area contributed by atoms with E-state index in [0.29, 0.717) is 17.2 Å². The van der Waals surface area contributed by atoms with Crippen molar-refractivity contribution in [3.63, 3.8) is 0 Å². The maximum atomic E-state index is 12.7. The van der Waals surface area contributed by atoms with Gasteiger partial charge in [0.1, 0.15) is 17.3 Å². The summed E-state index contributed by atoms with van der Waals surface area (Å²) in [6.07, 6.45) is 5.87. The first-order valence-electron chi connectivity index (χ1n) is 8.97. The summed E-state index contributed by atoms with van der Waals surface area (Å²) in [5.74, 6) is 3.17. The summed E-state index contributed by atoms with van der Waals surface area (Å²) in [5, 5.41) is 0. The van der Waals surface area contributed by atoms with E-state index in [4.69, 9.17) is 4.42 Å². The van der Waals surface area contributed by atoms with Crippen molar-refractivity contribution in [3.8, 4) is 0 Å². The maximum Gasteiger partial charge on any atom is 0.257 e. The quantitative estimate of drug-likeness (QED) is 0.837. The van der Waals surface area contributed by atoms with Crippen molar-refractivity contribution in [2.75, 3.05) is 33.7 Å². The lowest BCUT2D eigenvalue weighted by Crippen LogP contribution is -2.38. The zero-order chi connectivity index (χ0) is 18.0. The van der Waals surface area contributed by atoms with Crippen LogP contribution < -0.4 is 0 Å². The molecule has 0 bridgehead atoms. The Kier molecular flexibility index (Phi) is 5.27. The molecule has 25 heavy (non-hydrogen) atoms. The summed E-state index contributed by atoms with van der Waals surface area (Å²) in [7, 11) is 4.17. The Morgan fingerprint density at radius 2 is 2.04 bits per heavy atom. The number of likely N-dealkylation sites (N-methyl/N-ethyl adjacent to an activating group) is 1. The van der Waals surface area contributed by atoms with E-state index < -0.39 is 0 Å². The molecule has 1 aliphatic heterocycles. The highest BCUT2D eigenvalue weighted by Crippen LogP contribution is 2.28. The van der Waals surface area contributed by atoms with E-state index in [1.165, 1.54) is 0 Å². The Labute approximate surface area is 149 Å². The smallest absolute Gasteiger partial charge is 0.257 e. The van der Waals surface area contributed by atoms with E-state index in [-0.39, 0.29) is 5.91 Å². The van der Waals surface area contributed by atoms with Crippen LogP contribution in [-0.2, 0) is 6.54 Å². The molecule has 2 aromatic heterocycles. The molecule has 3 heterocycles. The third-order valence-electron chi connectivity index (χ3n) is 4.95. The molecular formula is C19H28N4O2. The van der Waals surface area contributed by atoms with E-state index >= 15 is 0 Å². The third-order valence-corrected chi connectivity index (χ3v) is 4.95. The van der Waals surface area contributed by atoms with Crippen LogP contribution in [0, 0.1) is 13.8 Å². The lowest BCUT2D eigenvalue weighted by molar-refractivity contribution is 0.0708. The average Bonchev–Trinajstić information content (AvgIpc) is 3.18. The normalized spacial score (nSPS) is 16.0. The van der Waals surface area contributed by atoms with Crippen molar-refractivity contribution in [2.24, 2.45) is 0 Å². The molecule has 0 saturated carbocycles. The molecular weight excluding hydrogens is 316 g/mol. The minimum absolute atomic E-state index is 0.0868. The highest BCUT2D eigenvalue weighted by molar-refractivity contribution is 5.95. The predicted octanol–water partition coefficient (Wildman–Crippen LogP) is 2.67. The molecule has 136 valence electrons. The van der Waals surface area contributed by atoms with Gasteiger partial charge in [-0.05, 0) is 46.9 Å². The van der Waals surface area contributed by atoms with Gasteiger partial charge in [-0.15, -0.1) is 0 Å². The van der Waals surface area contributed by atoms with Crippen LogP contribution >= 0.6 is 0 Å². The first-order chi connectivity index (χ1) is 12.0. The number of carbonyl (C=O) groups is 1. The van der Waals surface area contributed by atoms with Gasteiger partial charge in [-0.1, -0.05) is 0 Å². The summed E-state index contributed by atoms with van der Waals surface area (Å²) >= 11 is 0. The average molecular weight is 344 g/mol. The molecule has 1 amide bonds. The molecule has 3 rings (SSSR count). The van der Waals surface area contributed by atoms with E-state index in [9.17, 15) is 4.79 Å². The van der Waals surface area contributed by atoms with Gasteiger partial charge < -0.3 is 18.8 Å². The molecule has 1 saturated heterocycles. The first kappa shape index (κ1) is 17.7. The number of aromatic nitrogens is 2. The second-order valence-corrected chi connectivity index (χ2v) is 7.18. The van der Waals surface area contributed by atoms with Gasteiger partial charge in [-0.25, -0.2) is 4.98 Å². The number of rotatable bonds is 5. The molecule has 0 unspecified atom stereocenters. The molecule has 0 aromatic carbocycles. The highest BCUT2D eigenvalue weighted by atomic mass is 16.3. The van der Waals surface area contributed by atoms with Gasteiger partial charge in [0.25, 0.3) is 5.91 Å². The second-order valence-electron chi connectivity index (χ2n) is 7.18. The first-order valence-corrected chi connectivity index (χ1v) is 8.97. The molecule has 0 aliphatic carbocycles. The van der Waals surface area contributed by atoms with E-state index in [1.807, 2.05) is 31.0 Å². The van der Waals surface area contributed by atoms with Crippen LogP contribution in [-0.4, -0.2) is 59.0 Å². The standard InChI is InChI=1S/C19H28N4O2/c1-14-13-17(15(2)25-14)19(24)23-8-5-16(6-9-23)18-20-7-10-22(18)12-11-21(3)4/h7,10,13,16H,5-6,8-9,11-12H2,1-4H3. The van der Waals surface area contributed by atoms with Crippen LogP contribution in [0.3, 0.4) is 0 Å². The number of furan rings is 1. The number of piperidine rings is 1. The number of hydrogen-bond acceptors (Lipinski definition) is 4. The molecule has 0 radical (unpaired) electrons. The molecule has 0 spiro atoms. The van der Waals surface area contributed by atoms with Gasteiger partial charge in [0.2, 0.25) is 0 Å².